The van der Waals surface area contributed by atoms with Crippen LogP contribution in [0.5, 0.6) is 0 Å². The van der Waals surface area contributed by atoms with Gasteiger partial charge in [-0.1, -0.05) is 36.8 Å². The van der Waals surface area contributed by atoms with E-state index in [9.17, 15) is 0 Å². The molecule has 19 heavy (non-hydrogen) atoms. The number of rotatable bonds is 2. The summed E-state index contributed by atoms with van der Waals surface area (Å²) >= 11 is 7.71. The Bertz CT molecular complexity index is 581. The van der Waals surface area contributed by atoms with Crippen molar-refractivity contribution in [3.8, 4) is 0 Å². The van der Waals surface area contributed by atoms with Crippen LogP contribution >= 0.6 is 22.9 Å². The van der Waals surface area contributed by atoms with Crippen molar-refractivity contribution in [1.29, 1.82) is 0 Å². The summed E-state index contributed by atoms with van der Waals surface area (Å²) in [6, 6.07) is 6.45. The number of hydrogen-bond acceptors (Lipinski definition) is 3. The first-order valence-corrected chi connectivity index (χ1v) is 8.04. The molecule has 1 saturated carbocycles. The lowest BCUT2D eigenvalue weighted by Gasteiger charge is -2.34. The van der Waals surface area contributed by atoms with E-state index in [4.69, 9.17) is 11.6 Å². The maximum atomic E-state index is 6.01. The van der Waals surface area contributed by atoms with Crippen molar-refractivity contribution >= 4 is 38.3 Å². The van der Waals surface area contributed by atoms with Crippen molar-refractivity contribution in [1.82, 2.24) is 4.98 Å². The van der Waals surface area contributed by atoms with E-state index in [1.165, 1.54) is 25.7 Å². The van der Waals surface area contributed by atoms with Gasteiger partial charge in [0.15, 0.2) is 5.13 Å². The number of anilines is 1. The van der Waals surface area contributed by atoms with Gasteiger partial charge in [0, 0.05) is 11.1 Å². The summed E-state index contributed by atoms with van der Waals surface area (Å²) in [5, 5.41) is 5.40. The molecular formula is C15H19ClN2S. The van der Waals surface area contributed by atoms with Crippen LogP contribution in [0.3, 0.4) is 0 Å². The van der Waals surface area contributed by atoms with Gasteiger partial charge in [-0.2, -0.15) is 0 Å². The smallest absolute Gasteiger partial charge is 0.184 e. The largest absolute Gasteiger partial charge is 0.359 e. The zero-order chi connectivity index (χ0) is 13.5. The normalized spacial score (nSPS) is 19.7. The third kappa shape index (κ3) is 3.03. The van der Waals surface area contributed by atoms with E-state index in [1.807, 2.05) is 18.2 Å². The second-order valence-electron chi connectivity index (χ2n) is 6.21. The quantitative estimate of drug-likeness (QED) is 0.809. The summed E-state index contributed by atoms with van der Waals surface area (Å²) in [7, 11) is 0. The molecule has 0 bridgehead atoms. The molecule has 1 N–H and O–H groups in total. The predicted octanol–water partition coefficient (Wildman–Crippen LogP) is 5.33. The minimum absolute atomic E-state index is 0.513. The molecule has 4 heteroatoms. The summed E-state index contributed by atoms with van der Waals surface area (Å²) in [5.74, 6) is 0. The van der Waals surface area contributed by atoms with Crippen LogP contribution in [0.2, 0.25) is 5.02 Å². The highest BCUT2D eigenvalue weighted by Crippen LogP contribution is 2.37. The molecule has 1 aromatic carbocycles. The second-order valence-corrected chi connectivity index (χ2v) is 7.68. The van der Waals surface area contributed by atoms with Crippen LogP contribution in [-0.4, -0.2) is 11.0 Å². The van der Waals surface area contributed by atoms with E-state index < -0.39 is 0 Å². The van der Waals surface area contributed by atoms with E-state index in [-0.39, 0.29) is 0 Å². The van der Waals surface area contributed by atoms with E-state index >= 15 is 0 Å². The summed E-state index contributed by atoms with van der Waals surface area (Å²) in [4.78, 5) is 4.63. The molecule has 2 nitrogen and oxygen atoms in total. The molecule has 0 radical (unpaired) electrons. The van der Waals surface area contributed by atoms with Crippen LogP contribution in [0.15, 0.2) is 18.2 Å². The van der Waals surface area contributed by atoms with Crippen LogP contribution < -0.4 is 5.32 Å². The number of hydrogen-bond donors (Lipinski definition) is 1. The molecular weight excluding hydrogens is 276 g/mol. The molecule has 102 valence electrons. The minimum Gasteiger partial charge on any atom is -0.359 e. The van der Waals surface area contributed by atoms with E-state index in [0.29, 0.717) is 11.5 Å². The molecule has 0 atom stereocenters. The van der Waals surface area contributed by atoms with Gasteiger partial charge in [0.25, 0.3) is 0 Å². The van der Waals surface area contributed by atoms with Gasteiger partial charge in [0.05, 0.1) is 10.2 Å². The molecule has 1 fully saturated rings. The molecule has 3 rings (SSSR count). The van der Waals surface area contributed by atoms with Gasteiger partial charge in [-0.25, -0.2) is 4.98 Å². The van der Waals surface area contributed by atoms with Crippen molar-refractivity contribution < 1.29 is 0 Å². The van der Waals surface area contributed by atoms with E-state index in [0.717, 1.165) is 20.4 Å². The van der Waals surface area contributed by atoms with Gasteiger partial charge in [-0.15, -0.1) is 0 Å². The number of nitrogens with zero attached hydrogens (tertiary/aromatic N) is 1. The molecule has 1 aliphatic rings. The monoisotopic (exact) mass is 294 g/mol. The first-order chi connectivity index (χ1) is 9.02. The van der Waals surface area contributed by atoms with Crippen molar-refractivity contribution in [2.45, 2.75) is 45.6 Å². The van der Waals surface area contributed by atoms with Crippen LogP contribution in [-0.2, 0) is 0 Å². The van der Waals surface area contributed by atoms with E-state index in [1.54, 1.807) is 11.3 Å². The summed E-state index contributed by atoms with van der Waals surface area (Å²) < 4.78 is 1.16. The molecule has 0 amide bonds. The summed E-state index contributed by atoms with van der Waals surface area (Å²) in [6.07, 6.45) is 5.07. The number of thiazole rings is 1. The zero-order valence-electron chi connectivity index (χ0n) is 11.4. The molecule has 0 unspecified atom stereocenters. The van der Waals surface area contributed by atoms with Gasteiger partial charge in [-0.3, -0.25) is 0 Å². The fourth-order valence-corrected chi connectivity index (χ4v) is 3.90. The Hall–Kier alpha value is -0.800. The molecule has 0 spiro atoms. The van der Waals surface area contributed by atoms with Crippen LogP contribution in [0.25, 0.3) is 10.2 Å². The molecule has 0 aliphatic heterocycles. The maximum Gasteiger partial charge on any atom is 0.184 e. The van der Waals surface area contributed by atoms with Crippen molar-refractivity contribution in [2.75, 3.05) is 5.32 Å². The lowest BCUT2D eigenvalue weighted by molar-refractivity contribution is 0.232. The van der Waals surface area contributed by atoms with Crippen molar-refractivity contribution in [3.63, 3.8) is 0 Å². The Labute approximate surface area is 123 Å². The predicted molar refractivity (Wildman–Crippen MR) is 84.3 cm³/mol. The Morgan fingerprint density at radius 3 is 2.79 bits per heavy atom. The van der Waals surface area contributed by atoms with E-state index in [2.05, 4.69) is 24.1 Å². The fraction of sp³-hybridized carbons (Fsp3) is 0.533. The molecule has 1 aliphatic carbocycles. The molecule has 1 aromatic heterocycles. The molecule has 2 aromatic rings. The highest BCUT2D eigenvalue weighted by atomic mass is 35.5. The van der Waals surface area contributed by atoms with Gasteiger partial charge in [0.2, 0.25) is 0 Å². The average Bonchev–Trinajstić information content (AvgIpc) is 2.73. The third-order valence-electron chi connectivity index (χ3n) is 4.02. The zero-order valence-corrected chi connectivity index (χ0v) is 12.9. The van der Waals surface area contributed by atoms with Gasteiger partial charge >= 0.3 is 0 Å². The lowest BCUT2D eigenvalue weighted by atomic mass is 9.76. The highest BCUT2D eigenvalue weighted by Gasteiger charge is 2.27. The topological polar surface area (TPSA) is 24.9 Å². The van der Waals surface area contributed by atoms with Gasteiger partial charge in [0.1, 0.15) is 0 Å². The Kier molecular flexibility index (Phi) is 3.44. The van der Waals surface area contributed by atoms with Gasteiger partial charge < -0.3 is 5.32 Å². The third-order valence-corrected chi connectivity index (χ3v) is 5.20. The molecule has 1 heterocycles. The van der Waals surface area contributed by atoms with Crippen LogP contribution in [0.1, 0.15) is 39.5 Å². The summed E-state index contributed by atoms with van der Waals surface area (Å²) in [6.45, 7) is 4.73. The van der Waals surface area contributed by atoms with Crippen molar-refractivity contribution in [3.05, 3.63) is 23.2 Å². The van der Waals surface area contributed by atoms with Crippen LogP contribution in [0.4, 0.5) is 5.13 Å². The Balaban J connectivity index is 1.72. The fourth-order valence-electron chi connectivity index (χ4n) is 2.68. The first-order valence-electron chi connectivity index (χ1n) is 6.84. The second kappa shape index (κ2) is 4.95. The Morgan fingerprint density at radius 1 is 1.32 bits per heavy atom. The van der Waals surface area contributed by atoms with Crippen LogP contribution in [0, 0.1) is 5.41 Å². The summed E-state index contributed by atoms with van der Waals surface area (Å²) in [5.41, 5.74) is 1.55. The Morgan fingerprint density at radius 2 is 2.05 bits per heavy atom. The highest BCUT2D eigenvalue weighted by molar-refractivity contribution is 7.22. The maximum absolute atomic E-state index is 6.01. The number of aromatic nitrogens is 1. The molecule has 0 saturated heterocycles. The SMILES string of the molecule is CC1(C)CCC(Nc2nc3ccc(Cl)cc3s2)CC1. The number of benzene rings is 1. The minimum atomic E-state index is 0.513. The average molecular weight is 295 g/mol. The lowest BCUT2D eigenvalue weighted by Crippen LogP contribution is -2.29. The first kappa shape index (κ1) is 13.2. The standard InChI is InChI=1S/C15H19ClN2S/c1-15(2)7-5-11(6-8-15)17-14-18-12-4-3-10(16)9-13(12)19-14/h3-4,9,11H,5-8H2,1-2H3,(H,17,18). The number of nitrogens with one attached hydrogen (secondary N) is 1. The van der Waals surface area contributed by atoms with Crippen molar-refractivity contribution in [2.24, 2.45) is 5.41 Å². The van der Waals surface area contributed by atoms with Gasteiger partial charge in [-0.05, 0) is 49.3 Å². The number of fused-ring (bicyclic) bond motifs is 1. The number of halogens is 1.